The van der Waals surface area contributed by atoms with E-state index in [0.717, 1.165) is 15.6 Å². The van der Waals surface area contributed by atoms with E-state index in [1.165, 1.54) is 0 Å². The number of ether oxygens (including phenoxy) is 2. The van der Waals surface area contributed by atoms with Gasteiger partial charge in [-0.3, -0.25) is 4.79 Å². The summed E-state index contributed by atoms with van der Waals surface area (Å²) < 4.78 is 12.5. The first-order chi connectivity index (χ1) is 13.5. The molecule has 1 aliphatic heterocycles. The van der Waals surface area contributed by atoms with Crippen LogP contribution >= 0.6 is 39.1 Å². The number of halogens is 3. The van der Waals surface area contributed by atoms with E-state index < -0.39 is 0 Å². The van der Waals surface area contributed by atoms with Gasteiger partial charge in [0, 0.05) is 26.1 Å². The Hall–Kier alpha value is -2.27. The molecule has 3 nitrogen and oxygen atoms in total. The van der Waals surface area contributed by atoms with Crippen LogP contribution in [0.25, 0.3) is 6.08 Å². The van der Waals surface area contributed by atoms with Crippen molar-refractivity contribution in [1.29, 1.82) is 0 Å². The lowest BCUT2D eigenvalue weighted by atomic mass is 10.1. The Morgan fingerprint density at radius 2 is 1.89 bits per heavy atom. The fourth-order valence-corrected chi connectivity index (χ4v) is 3.68. The maximum atomic E-state index is 12.6. The highest BCUT2D eigenvalue weighted by molar-refractivity contribution is 9.10. The third-order valence-electron chi connectivity index (χ3n) is 4.20. The van der Waals surface area contributed by atoms with Gasteiger partial charge in [0.05, 0.1) is 5.56 Å². The Labute approximate surface area is 180 Å². The van der Waals surface area contributed by atoms with Crippen LogP contribution in [0.5, 0.6) is 11.5 Å². The third-order valence-corrected chi connectivity index (χ3v) is 5.28. The predicted octanol–water partition coefficient (Wildman–Crippen LogP) is 6.95. The molecule has 1 heterocycles. The minimum atomic E-state index is -0.151. The largest absolute Gasteiger partial charge is 0.489 e. The minimum absolute atomic E-state index is 0.151. The fraction of sp³-hybridized carbons (Fsp3) is 0.0455. The van der Waals surface area contributed by atoms with Crippen molar-refractivity contribution in [3.63, 3.8) is 0 Å². The Morgan fingerprint density at radius 3 is 2.68 bits per heavy atom. The molecule has 0 amide bonds. The van der Waals surface area contributed by atoms with Gasteiger partial charge in [-0.25, -0.2) is 0 Å². The van der Waals surface area contributed by atoms with Crippen LogP contribution in [-0.4, -0.2) is 5.78 Å². The third kappa shape index (κ3) is 4.09. The van der Waals surface area contributed by atoms with Gasteiger partial charge >= 0.3 is 0 Å². The Balaban J connectivity index is 1.52. The monoisotopic (exact) mass is 474 g/mol. The molecule has 0 aliphatic carbocycles. The number of rotatable bonds is 4. The topological polar surface area (TPSA) is 35.5 Å². The number of Topliss-reactive ketones (excluding diaryl/α,β-unsaturated/α-hetero) is 1. The number of fused-ring (bicyclic) bond motifs is 1. The highest BCUT2D eigenvalue weighted by Gasteiger charge is 2.27. The van der Waals surface area contributed by atoms with Gasteiger partial charge in [-0.15, -0.1) is 0 Å². The number of hydrogen-bond acceptors (Lipinski definition) is 3. The molecule has 0 saturated heterocycles. The van der Waals surface area contributed by atoms with Gasteiger partial charge in [-0.05, 0) is 48.0 Å². The van der Waals surface area contributed by atoms with Gasteiger partial charge in [0.1, 0.15) is 18.1 Å². The standard InChI is InChI=1S/C22H13BrCl2O3/c23-15-3-1-2-13(8-15)9-21-22(26)18-7-6-17(11-20(18)28-21)27-12-14-4-5-16(24)10-19(14)25/h1-11H,12H2. The van der Waals surface area contributed by atoms with Gasteiger partial charge in [-0.1, -0.05) is 57.3 Å². The van der Waals surface area contributed by atoms with Crippen molar-refractivity contribution in [1.82, 2.24) is 0 Å². The summed E-state index contributed by atoms with van der Waals surface area (Å²) in [6.45, 7) is 0.281. The molecule has 140 valence electrons. The van der Waals surface area contributed by atoms with E-state index in [-0.39, 0.29) is 18.1 Å². The molecule has 0 atom stereocenters. The number of allylic oxidation sites excluding steroid dienone is 1. The molecule has 3 aromatic rings. The van der Waals surface area contributed by atoms with Crippen LogP contribution in [0.4, 0.5) is 0 Å². The zero-order valence-electron chi connectivity index (χ0n) is 14.4. The van der Waals surface area contributed by atoms with Crippen LogP contribution in [0.15, 0.2) is 70.9 Å². The summed E-state index contributed by atoms with van der Waals surface area (Å²) >= 11 is 15.5. The van der Waals surface area contributed by atoms with Crippen molar-refractivity contribution in [3.8, 4) is 11.5 Å². The summed E-state index contributed by atoms with van der Waals surface area (Å²) in [6.07, 6.45) is 1.72. The van der Waals surface area contributed by atoms with Crippen LogP contribution in [0.3, 0.4) is 0 Å². The van der Waals surface area contributed by atoms with Crippen molar-refractivity contribution >= 4 is 51.0 Å². The van der Waals surface area contributed by atoms with Crippen molar-refractivity contribution < 1.29 is 14.3 Å². The van der Waals surface area contributed by atoms with Gasteiger partial charge in [0.15, 0.2) is 5.76 Å². The van der Waals surface area contributed by atoms with Gasteiger partial charge in [0.2, 0.25) is 5.78 Å². The molecule has 28 heavy (non-hydrogen) atoms. The van der Waals surface area contributed by atoms with E-state index in [0.29, 0.717) is 27.1 Å². The predicted molar refractivity (Wildman–Crippen MR) is 114 cm³/mol. The molecule has 0 fully saturated rings. The molecule has 0 aromatic heterocycles. The molecular formula is C22H13BrCl2O3. The molecule has 0 bridgehead atoms. The number of benzene rings is 3. The molecule has 0 unspecified atom stereocenters. The second-order valence-corrected chi connectivity index (χ2v) is 7.94. The maximum absolute atomic E-state index is 12.6. The van der Waals surface area contributed by atoms with Crippen LogP contribution in [-0.2, 0) is 6.61 Å². The summed E-state index contributed by atoms with van der Waals surface area (Å²) in [5.41, 5.74) is 2.20. The molecule has 3 aromatic carbocycles. The summed E-state index contributed by atoms with van der Waals surface area (Å²) in [4.78, 5) is 12.6. The summed E-state index contributed by atoms with van der Waals surface area (Å²) in [5, 5.41) is 1.11. The SMILES string of the molecule is O=C1C(=Cc2cccc(Br)c2)Oc2cc(OCc3ccc(Cl)cc3Cl)ccc21. The van der Waals surface area contributed by atoms with Crippen LogP contribution < -0.4 is 9.47 Å². The lowest BCUT2D eigenvalue weighted by Crippen LogP contribution is -1.98. The quantitative estimate of drug-likeness (QED) is 0.383. The second kappa shape index (κ2) is 8.00. The van der Waals surface area contributed by atoms with Gasteiger partial charge < -0.3 is 9.47 Å². The fourth-order valence-electron chi connectivity index (χ4n) is 2.80. The highest BCUT2D eigenvalue weighted by atomic mass is 79.9. The maximum Gasteiger partial charge on any atom is 0.231 e. The summed E-state index contributed by atoms with van der Waals surface area (Å²) in [5.74, 6) is 1.19. The zero-order chi connectivity index (χ0) is 19.7. The Bertz CT molecular complexity index is 1110. The Morgan fingerprint density at radius 1 is 1.04 bits per heavy atom. The molecule has 0 saturated carbocycles. The number of carbonyl (C=O) groups excluding carboxylic acids is 1. The molecule has 0 radical (unpaired) electrons. The smallest absolute Gasteiger partial charge is 0.231 e. The second-order valence-electron chi connectivity index (χ2n) is 6.18. The minimum Gasteiger partial charge on any atom is -0.489 e. The van der Waals surface area contributed by atoms with E-state index in [1.807, 2.05) is 30.3 Å². The first-order valence-electron chi connectivity index (χ1n) is 8.40. The lowest BCUT2D eigenvalue weighted by Gasteiger charge is -2.09. The van der Waals surface area contributed by atoms with E-state index in [2.05, 4.69) is 15.9 Å². The molecule has 6 heteroatoms. The van der Waals surface area contributed by atoms with Crippen LogP contribution in [0, 0.1) is 0 Å². The first kappa shape index (κ1) is 19.1. The average Bonchev–Trinajstić information content (AvgIpc) is 2.96. The van der Waals surface area contributed by atoms with E-state index in [1.54, 1.807) is 36.4 Å². The van der Waals surface area contributed by atoms with Crippen LogP contribution in [0.1, 0.15) is 21.5 Å². The summed E-state index contributed by atoms with van der Waals surface area (Å²) in [6, 6.07) is 18.0. The number of hydrogen-bond donors (Lipinski definition) is 0. The van der Waals surface area contributed by atoms with E-state index in [9.17, 15) is 4.79 Å². The van der Waals surface area contributed by atoms with Gasteiger partial charge in [-0.2, -0.15) is 0 Å². The van der Waals surface area contributed by atoms with E-state index in [4.69, 9.17) is 32.7 Å². The number of ketones is 1. The Kier molecular flexibility index (Phi) is 5.44. The lowest BCUT2D eigenvalue weighted by molar-refractivity contribution is 0.101. The van der Waals surface area contributed by atoms with Crippen LogP contribution in [0.2, 0.25) is 10.0 Å². The highest BCUT2D eigenvalue weighted by Crippen LogP contribution is 2.35. The molecule has 0 spiro atoms. The van der Waals surface area contributed by atoms with Crippen molar-refractivity contribution in [3.05, 3.63) is 97.6 Å². The molecular weight excluding hydrogens is 463 g/mol. The molecule has 1 aliphatic rings. The molecule has 0 N–H and O–H groups in total. The van der Waals surface area contributed by atoms with Crippen molar-refractivity contribution in [2.75, 3.05) is 0 Å². The first-order valence-corrected chi connectivity index (χ1v) is 9.95. The normalized spacial score (nSPS) is 14.1. The average molecular weight is 476 g/mol. The van der Waals surface area contributed by atoms with Crippen molar-refractivity contribution in [2.45, 2.75) is 6.61 Å². The van der Waals surface area contributed by atoms with Crippen molar-refractivity contribution in [2.24, 2.45) is 0 Å². The molecule has 4 rings (SSSR count). The zero-order valence-corrected chi connectivity index (χ0v) is 17.5. The van der Waals surface area contributed by atoms with E-state index >= 15 is 0 Å². The van der Waals surface area contributed by atoms with Gasteiger partial charge in [0.25, 0.3) is 0 Å². The summed E-state index contributed by atoms with van der Waals surface area (Å²) in [7, 11) is 0. The number of carbonyl (C=O) groups is 1.